The standard InChI is InChI=1S/C23H15Cl2N3O4/c1-13-2-8-18-21(10-13)32-23(27-18)15-5-7-16(24)19(12-15)26-22(29)9-4-14-3-6-17(25)20(11-14)28(30)31/h2-12H,1H3,(H,26,29)/b9-4+. The van der Waals surface area contributed by atoms with Crippen LogP contribution in [0, 0.1) is 17.0 Å². The Balaban J connectivity index is 1.55. The molecule has 0 fully saturated rings. The van der Waals surface area contributed by atoms with Gasteiger partial charge in [-0.2, -0.15) is 0 Å². The van der Waals surface area contributed by atoms with E-state index in [0.29, 0.717) is 33.3 Å². The van der Waals surface area contributed by atoms with Crippen molar-refractivity contribution in [2.24, 2.45) is 0 Å². The Morgan fingerprint density at radius 2 is 1.88 bits per heavy atom. The van der Waals surface area contributed by atoms with Crippen molar-refractivity contribution in [3.05, 3.63) is 92.0 Å². The Kier molecular flexibility index (Phi) is 5.94. The molecule has 0 unspecified atom stereocenters. The lowest BCUT2D eigenvalue weighted by Gasteiger charge is -2.06. The van der Waals surface area contributed by atoms with Gasteiger partial charge in [0.15, 0.2) is 5.58 Å². The number of nitrogens with zero attached hydrogens (tertiary/aromatic N) is 2. The van der Waals surface area contributed by atoms with Gasteiger partial charge < -0.3 is 9.73 Å². The number of nitro benzene ring substituents is 1. The second kappa shape index (κ2) is 8.82. The number of amides is 1. The molecule has 1 heterocycles. The number of halogens is 2. The maximum Gasteiger partial charge on any atom is 0.288 e. The highest BCUT2D eigenvalue weighted by atomic mass is 35.5. The van der Waals surface area contributed by atoms with Gasteiger partial charge in [0.25, 0.3) is 5.69 Å². The summed E-state index contributed by atoms with van der Waals surface area (Å²) in [6, 6.07) is 15.0. The van der Waals surface area contributed by atoms with Gasteiger partial charge in [0.05, 0.1) is 15.6 Å². The lowest BCUT2D eigenvalue weighted by Crippen LogP contribution is -2.08. The van der Waals surface area contributed by atoms with E-state index in [-0.39, 0.29) is 10.7 Å². The number of nitro groups is 1. The number of benzene rings is 3. The number of nitrogens with one attached hydrogen (secondary N) is 1. The third-order valence-corrected chi connectivity index (χ3v) is 5.26. The molecule has 0 radical (unpaired) electrons. The Bertz CT molecular complexity index is 1400. The molecule has 0 aliphatic heterocycles. The van der Waals surface area contributed by atoms with Crippen molar-refractivity contribution >= 4 is 57.7 Å². The first-order valence-electron chi connectivity index (χ1n) is 9.40. The van der Waals surface area contributed by atoms with Gasteiger partial charge >= 0.3 is 0 Å². The van der Waals surface area contributed by atoms with E-state index in [1.807, 2.05) is 25.1 Å². The number of oxazole rings is 1. The molecule has 1 amide bonds. The zero-order valence-corrected chi connectivity index (χ0v) is 18.1. The molecule has 0 saturated heterocycles. The lowest BCUT2D eigenvalue weighted by atomic mass is 10.1. The zero-order chi connectivity index (χ0) is 22.8. The molecule has 9 heteroatoms. The molecule has 0 atom stereocenters. The molecule has 0 saturated carbocycles. The molecule has 1 aromatic heterocycles. The Morgan fingerprint density at radius 1 is 1.09 bits per heavy atom. The van der Waals surface area contributed by atoms with E-state index in [1.54, 1.807) is 24.3 Å². The predicted molar refractivity (Wildman–Crippen MR) is 125 cm³/mol. The van der Waals surface area contributed by atoms with E-state index in [2.05, 4.69) is 10.3 Å². The largest absolute Gasteiger partial charge is 0.436 e. The fraction of sp³-hybridized carbons (Fsp3) is 0.0435. The molecule has 4 aromatic rings. The van der Waals surface area contributed by atoms with Crippen LogP contribution in [0.1, 0.15) is 11.1 Å². The summed E-state index contributed by atoms with van der Waals surface area (Å²) in [7, 11) is 0. The van der Waals surface area contributed by atoms with E-state index < -0.39 is 10.8 Å². The van der Waals surface area contributed by atoms with Crippen molar-refractivity contribution in [3.8, 4) is 11.5 Å². The normalized spacial score (nSPS) is 11.2. The van der Waals surface area contributed by atoms with Gasteiger partial charge in [0.1, 0.15) is 10.5 Å². The Labute approximate surface area is 192 Å². The van der Waals surface area contributed by atoms with Gasteiger partial charge in [0.2, 0.25) is 11.8 Å². The van der Waals surface area contributed by atoms with Crippen molar-refractivity contribution in [2.75, 3.05) is 5.32 Å². The van der Waals surface area contributed by atoms with Crippen molar-refractivity contribution < 1.29 is 14.1 Å². The third-order valence-electron chi connectivity index (χ3n) is 4.61. The Hall–Kier alpha value is -3.68. The number of carbonyl (C=O) groups is 1. The molecule has 7 nitrogen and oxygen atoms in total. The number of fused-ring (bicyclic) bond motifs is 1. The van der Waals surface area contributed by atoms with Crippen LogP contribution in [-0.2, 0) is 4.79 Å². The smallest absolute Gasteiger partial charge is 0.288 e. The summed E-state index contributed by atoms with van der Waals surface area (Å²) in [4.78, 5) is 27.3. The number of hydrogen-bond acceptors (Lipinski definition) is 5. The second-order valence-electron chi connectivity index (χ2n) is 6.98. The van der Waals surface area contributed by atoms with Crippen molar-refractivity contribution in [3.63, 3.8) is 0 Å². The molecule has 160 valence electrons. The minimum atomic E-state index is -0.585. The fourth-order valence-electron chi connectivity index (χ4n) is 3.03. The van der Waals surface area contributed by atoms with Crippen LogP contribution in [0.15, 0.2) is 65.1 Å². The zero-order valence-electron chi connectivity index (χ0n) is 16.6. The average Bonchev–Trinajstić information content (AvgIpc) is 3.17. The number of aryl methyl sites for hydroxylation is 1. The van der Waals surface area contributed by atoms with Crippen LogP contribution in [0.5, 0.6) is 0 Å². The fourth-order valence-corrected chi connectivity index (χ4v) is 3.38. The van der Waals surface area contributed by atoms with Crippen LogP contribution in [0.2, 0.25) is 10.0 Å². The quantitative estimate of drug-likeness (QED) is 0.200. The first-order valence-corrected chi connectivity index (χ1v) is 10.2. The molecule has 0 aliphatic carbocycles. The van der Waals surface area contributed by atoms with E-state index in [9.17, 15) is 14.9 Å². The maximum atomic E-state index is 12.4. The van der Waals surface area contributed by atoms with Crippen molar-refractivity contribution in [1.29, 1.82) is 0 Å². The minimum Gasteiger partial charge on any atom is -0.436 e. The molecule has 0 spiro atoms. The molecular weight excluding hydrogens is 453 g/mol. The van der Waals surface area contributed by atoms with E-state index >= 15 is 0 Å². The summed E-state index contributed by atoms with van der Waals surface area (Å²) in [6.45, 7) is 1.97. The van der Waals surface area contributed by atoms with E-state index in [0.717, 1.165) is 11.1 Å². The van der Waals surface area contributed by atoms with Crippen LogP contribution in [0.25, 0.3) is 28.6 Å². The molecule has 1 N–H and O–H groups in total. The monoisotopic (exact) mass is 467 g/mol. The number of anilines is 1. The summed E-state index contributed by atoms with van der Waals surface area (Å²) >= 11 is 12.0. The third kappa shape index (κ3) is 4.64. The van der Waals surface area contributed by atoms with Gasteiger partial charge in [-0.05, 0) is 60.5 Å². The van der Waals surface area contributed by atoms with Gasteiger partial charge in [-0.15, -0.1) is 0 Å². The summed E-state index contributed by atoms with van der Waals surface area (Å²) in [5.41, 5.74) is 3.69. The summed E-state index contributed by atoms with van der Waals surface area (Å²) in [6.07, 6.45) is 2.69. The average molecular weight is 468 g/mol. The molecule has 0 bridgehead atoms. The molecule has 32 heavy (non-hydrogen) atoms. The molecule has 4 rings (SSSR count). The van der Waals surface area contributed by atoms with Gasteiger partial charge in [-0.1, -0.05) is 35.3 Å². The first kappa shape index (κ1) is 21.5. The van der Waals surface area contributed by atoms with Crippen molar-refractivity contribution in [1.82, 2.24) is 4.98 Å². The SMILES string of the molecule is Cc1ccc2nc(-c3ccc(Cl)c(NC(=O)/C=C/c4ccc(Cl)c([N+](=O)[O-])c4)c3)oc2c1. The number of rotatable bonds is 5. The summed E-state index contributed by atoms with van der Waals surface area (Å²) < 4.78 is 5.83. The highest BCUT2D eigenvalue weighted by Crippen LogP contribution is 2.31. The summed E-state index contributed by atoms with van der Waals surface area (Å²) in [5, 5.41) is 14.1. The van der Waals surface area contributed by atoms with Crippen LogP contribution < -0.4 is 5.32 Å². The second-order valence-corrected chi connectivity index (χ2v) is 7.79. The molecule has 0 aliphatic rings. The summed E-state index contributed by atoms with van der Waals surface area (Å²) in [5.74, 6) is -0.0587. The maximum absolute atomic E-state index is 12.4. The van der Waals surface area contributed by atoms with Gasteiger partial charge in [-0.3, -0.25) is 14.9 Å². The van der Waals surface area contributed by atoms with Crippen LogP contribution in [0.4, 0.5) is 11.4 Å². The van der Waals surface area contributed by atoms with Crippen LogP contribution in [-0.4, -0.2) is 15.8 Å². The predicted octanol–water partition coefficient (Wildman–Crippen LogP) is 6.67. The van der Waals surface area contributed by atoms with Gasteiger partial charge in [0, 0.05) is 17.7 Å². The molecular formula is C23H15Cl2N3O4. The number of aromatic nitrogens is 1. The minimum absolute atomic E-state index is 0.0227. The Morgan fingerprint density at radius 3 is 2.66 bits per heavy atom. The van der Waals surface area contributed by atoms with Crippen LogP contribution >= 0.6 is 23.2 Å². The van der Waals surface area contributed by atoms with E-state index in [4.69, 9.17) is 27.6 Å². The number of hydrogen-bond donors (Lipinski definition) is 1. The van der Waals surface area contributed by atoms with Gasteiger partial charge in [-0.25, -0.2) is 4.98 Å². The first-order chi connectivity index (χ1) is 15.3. The van der Waals surface area contributed by atoms with Crippen LogP contribution in [0.3, 0.4) is 0 Å². The molecule has 3 aromatic carbocycles. The topological polar surface area (TPSA) is 98.3 Å². The highest BCUT2D eigenvalue weighted by Gasteiger charge is 2.13. The lowest BCUT2D eigenvalue weighted by molar-refractivity contribution is -0.384. The highest BCUT2D eigenvalue weighted by molar-refractivity contribution is 6.34. The van der Waals surface area contributed by atoms with E-state index in [1.165, 1.54) is 24.3 Å². The van der Waals surface area contributed by atoms with Crippen molar-refractivity contribution in [2.45, 2.75) is 6.92 Å². The number of carbonyl (C=O) groups excluding carboxylic acids is 1.